The number of nitrogens with two attached hydrogens (primary N) is 1. The second kappa shape index (κ2) is 8.12. The van der Waals surface area contributed by atoms with Gasteiger partial charge in [-0.1, -0.05) is 30.3 Å². The minimum absolute atomic E-state index is 0.0877. The normalized spacial score (nSPS) is 13.1. The van der Waals surface area contributed by atoms with E-state index < -0.39 is 23.9 Å². The minimum Gasteiger partial charge on any atom is -0.500 e. The molecule has 0 spiro atoms. The molecule has 0 saturated heterocycles. The maximum Gasteiger partial charge on any atom is 0.326 e. The van der Waals surface area contributed by atoms with Crippen LogP contribution in [0.1, 0.15) is 12.5 Å². The molecule has 0 aromatic heterocycles. The molecule has 0 aliphatic heterocycles. The fourth-order valence-corrected chi connectivity index (χ4v) is 1.53. The van der Waals surface area contributed by atoms with Crippen molar-refractivity contribution in [2.75, 3.05) is 6.61 Å². The molecule has 0 fully saturated rings. The van der Waals surface area contributed by atoms with E-state index in [1.54, 1.807) is 19.1 Å². The van der Waals surface area contributed by atoms with Crippen molar-refractivity contribution in [3.8, 4) is 0 Å². The molecule has 0 heterocycles. The highest BCUT2D eigenvalue weighted by Crippen LogP contribution is 2.11. The van der Waals surface area contributed by atoms with Crippen LogP contribution in [0.5, 0.6) is 0 Å². The van der Waals surface area contributed by atoms with Gasteiger partial charge in [0.1, 0.15) is 6.04 Å². The molecule has 0 radical (unpaired) electrons. The smallest absolute Gasteiger partial charge is 0.326 e. The van der Waals surface area contributed by atoms with Gasteiger partial charge in [-0.3, -0.25) is 4.79 Å². The van der Waals surface area contributed by atoms with Crippen LogP contribution in [0.4, 0.5) is 0 Å². The van der Waals surface area contributed by atoms with Crippen molar-refractivity contribution in [2.24, 2.45) is 5.73 Å². The summed E-state index contributed by atoms with van der Waals surface area (Å²) in [4.78, 5) is 22.1. The summed E-state index contributed by atoms with van der Waals surface area (Å²) in [5.41, 5.74) is 6.44. The Hall–Kier alpha value is -2.14. The van der Waals surface area contributed by atoms with Crippen molar-refractivity contribution < 1.29 is 24.2 Å². The Kier molecular flexibility index (Phi) is 6.46. The molecular formula is C14H17NO5. The van der Waals surface area contributed by atoms with Crippen LogP contribution in [-0.2, 0) is 25.7 Å². The zero-order valence-electron chi connectivity index (χ0n) is 11.1. The standard InChI is InChI=1S/C14H17NO5/c1-2-19-14(18)12(15)13(11(17)8-16)20-9-10-6-4-3-5-7-10/h3-7,12-13,17H,2,9,15H2,1H3. The average Bonchev–Trinajstić information content (AvgIpc) is 2.48. The zero-order chi connectivity index (χ0) is 15.0. The first kappa shape index (κ1) is 15.9. The largest absolute Gasteiger partial charge is 0.500 e. The van der Waals surface area contributed by atoms with Gasteiger partial charge in [0.25, 0.3) is 0 Å². The quantitative estimate of drug-likeness (QED) is 0.434. The van der Waals surface area contributed by atoms with Gasteiger partial charge < -0.3 is 20.3 Å². The van der Waals surface area contributed by atoms with E-state index in [1.807, 2.05) is 18.2 Å². The Morgan fingerprint density at radius 3 is 2.60 bits per heavy atom. The molecule has 1 rings (SSSR count). The lowest BCUT2D eigenvalue weighted by Crippen LogP contribution is -2.45. The van der Waals surface area contributed by atoms with Crippen LogP contribution in [0.3, 0.4) is 0 Å². The number of ether oxygens (including phenoxy) is 2. The Bertz CT molecular complexity index is 482. The van der Waals surface area contributed by atoms with Gasteiger partial charge in [-0.25, -0.2) is 4.79 Å². The Balaban J connectivity index is 2.75. The third kappa shape index (κ3) is 4.51. The lowest BCUT2D eigenvalue weighted by molar-refractivity contribution is -0.148. The molecule has 0 saturated carbocycles. The number of aliphatic hydroxyl groups excluding tert-OH is 1. The van der Waals surface area contributed by atoms with Crippen LogP contribution in [0, 0.1) is 0 Å². The summed E-state index contributed by atoms with van der Waals surface area (Å²) in [6.45, 7) is 1.85. The van der Waals surface area contributed by atoms with Crippen LogP contribution in [0.15, 0.2) is 36.1 Å². The summed E-state index contributed by atoms with van der Waals surface area (Å²) in [5.74, 6) is -0.231. The lowest BCUT2D eigenvalue weighted by Gasteiger charge is -2.20. The van der Waals surface area contributed by atoms with E-state index in [9.17, 15) is 14.7 Å². The predicted molar refractivity (Wildman–Crippen MR) is 71.5 cm³/mol. The number of hydrogen-bond acceptors (Lipinski definition) is 6. The van der Waals surface area contributed by atoms with Gasteiger partial charge in [-0.2, -0.15) is 0 Å². The van der Waals surface area contributed by atoms with Gasteiger partial charge in [0.2, 0.25) is 5.76 Å². The predicted octanol–water partition coefficient (Wildman–Crippen LogP) is 0.736. The van der Waals surface area contributed by atoms with Gasteiger partial charge in [0, 0.05) is 0 Å². The number of hydrogen-bond donors (Lipinski definition) is 2. The molecule has 6 heteroatoms. The first-order valence-corrected chi connectivity index (χ1v) is 6.11. The third-order valence-corrected chi connectivity index (χ3v) is 2.53. The second-order valence-electron chi connectivity index (χ2n) is 3.98. The molecule has 2 atom stereocenters. The van der Waals surface area contributed by atoms with Crippen molar-refractivity contribution in [3.63, 3.8) is 0 Å². The zero-order valence-corrected chi connectivity index (χ0v) is 11.1. The number of benzene rings is 1. The molecule has 0 aliphatic rings. The third-order valence-electron chi connectivity index (χ3n) is 2.53. The van der Waals surface area contributed by atoms with Gasteiger partial charge >= 0.3 is 5.97 Å². The molecule has 0 bridgehead atoms. The van der Waals surface area contributed by atoms with E-state index in [-0.39, 0.29) is 13.2 Å². The summed E-state index contributed by atoms with van der Waals surface area (Å²) in [6.07, 6.45) is -1.29. The molecule has 6 nitrogen and oxygen atoms in total. The molecule has 20 heavy (non-hydrogen) atoms. The van der Waals surface area contributed by atoms with Crippen LogP contribution >= 0.6 is 0 Å². The molecule has 108 valence electrons. The van der Waals surface area contributed by atoms with Gasteiger partial charge in [-0.05, 0) is 12.5 Å². The van der Waals surface area contributed by atoms with Crippen LogP contribution < -0.4 is 5.73 Å². The summed E-state index contributed by atoms with van der Waals surface area (Å²) in [6, 6.07) is 7.78. The highest BCUT2D eigenvalue weighted by Gasteiger charge is 2.31. The van der Waals surface area contributed by atoms with Crippen molar-refractivity contribution in [2.45, 2.75) is 25.7 Å². The maximum atomic E-state index is 11.5. The SMILES string of the molecule is CCOC(=O)C(N)C(OCc1ccccc1)C(O)=C=O. The van der Waals surface area contributed by atoms with E-state index in [0.717, 1.165) is 5.56 Å². The van der Waals surface area contributed by atoms with Gasteiger partial charge in [-0.15, -0.1) is 0 Å². The average molecular weight is 279 g/mol. The van der Waals surface area contributed by atoms with Gasteiger partial charge in [0.15, 0.2) is 12.0 Å². The second-order valence-corrected chi connectivity index (χ2v) is 3.98. The molecule has 3 N–H and O–H groups in total. The monoisotopic (exact) mass is 279 g/mol. The highest BCUT2D eigenvalue weighted by molar-refractivity contribution is 5.77. The first-order valence-electron chi connectivity index (χ1n) is 6.11. The van der Waals surface area contributed by atoms with Crippen molar-refractivity contribution >= 4 is 11.9 Å². The fourth-order valence-electron chi connectivity index (χ4n) is 1.53. The van der Waals surface area contributed by atoms with E-state index >= 15 is 0 Å². The number of esters is 1. The van der Waals surface area contributed by atoms with Crippen molar-refractivity contribution in [1.82, 2.24) is 0 Å². The Morgan fingerprint density at radius 2 is 2.05 bits per heavy atom. The molecule has 1 aromatic carbocycles. The maximum absolute atomic E-state index is 11.5. The molecular weight excluding hydrogens is 262 g/mol. The fraction of sp³-hybridized carbons (Fsp3) is 0.357. The van der Waals surface area contributed by atoms with Crippen LogP contribution in [-0.4, -0.2) is 35.8 Å². The van der Waals surface area contributed by atoms with Crippen molar-refractivity contribution in [1.29, 1.82) is 0 Å². The number of carbonyl (C=O) groups is 1. The summed E-state index contributed by atoms with van der Waals surface area (Å²) in [5, 5.41) is 9.46. The van der Waals surface area contributed by atoms with Crippen LogP contribution in [0.25, 0.3) is 0 Å². The molecule has 0 aliphatic carbocycles. The Morgan fingerprint density at radius 1 is 1.40 bits per heavy atom. The molecule has 2 unspecified atom stereocenters. The topological polar surface area (TPSA) is 98.8 Å². The summed E-state index contributed by atoms with van der Waals surface area (Å²) < 4.78 is 10.1. The summed E-state index contributed by atoms with van der Waals surface area (Å²) >= 11 is 0. The van der Waals surface area contributed by atoms with E-state index in [1.165, 1.54) is 5.94 Å². The summed E-state index contributed by atoms with van der Waals surface area (Å²) in [7, 11) is 0. The molecule has 1 aromatic rings. The van der Waals surface area contributed by atoms with E-state index in [0.29, 0.717) is 0 Å². The molecule has 0 amide bonds. The number of rotatable bonds is 7. The number of aliphatic hydroxyl groups is 1. The van der Waals surface area contributed by atoms with Crippen LogP contribution in [0.2, 0.25) is 0 Å². The number of carbonyl (C=O) groups excluding carboxylic acids is 2. The van der Waals surface area contributed by atoms with Gasteiger partial charge in [0.05, 0.1) is 13.2 Å². The van der Waals surface area contributed by atoms with E-state index in [4.69, 9.17) is 15.2 Å². The minimum atomic E-state index is -1.29. The lowest BCUT2D eigenvalue weighted by atomic mass is 10.1. The highest BCUT2D eigenvalue weighted by atomic mass is 16.5. The van der Waals surface area contributed by atoms with E-state index in [2.05, 4.69) is 0 Å². The Labute approximate surface area is 116 Å². The van der Waals surface area contributed by atoms with Crippen molar-refractivity contribution in [3.05, 3.63) is 41.7 Å². The first-order chi connectivity index (χ1) is 9.60.